The molecule has 0 saturated heterocycles. The van der Waals surface area contributed by atoms with E-state index >= 15 is 0 Å². The van der Waals surface area contributed by atoms with Crippen molar-refractivity contribution < 1.29 is 9.53 Å². The Labute approximate surface area is 100 Å². The molecule has 1 heterocycles. The predicted molar refractivity (Wildman–Crippen MR) is 62.8 cm³/mol. The fourth-order valence-electron chi connectivity index (χ4n) is 1.22. The molecule has 0 saturated carbocycles. The molecule has 0 unspecified atom stereocenters. The van der Waals surface area contributed by atoms with Gasteiger partial charge in [0.25, 0.3) is 0 Å². The first kappa shape index (κ1) is 12.9. The number of hydrogen-bond donors (Lipinski definition) is 0. The lowest BCUT2D eigenvalue weighted by molar-refractivity contribution is 0.0600. The van der Waals surface area contributed by atoms with Crippen LogP contribution in [-0.2, 0) is 11.2 Å². The Hall–Kier alpha value is -1.13. The molecule has 0 amide bonds. The van der Waals surface area contributed by atoms with E-state index in [0.717, 1.165) is 18.7 Å². The molecule has 0 aliphatic heterocycles. The molecule has 0 radical (unpaired) electrons. The van der Waals surface area contributed by atoms with Gasteiger partial charge in [0.15, 0.2) is 0 Å². The van der Waals surface area contributed by atoms with Crippen molar-refractivity contribution in [2.45, 2.75) is 6.42 Å². The SMILES string of the molecule is COC(=O)c1cc(CCN(C)C)ncc1Cl. The molecule has 0 aliphatic carbocycles. The monoisotopic (exact) mass is 242 g/mol. The van der Waals surface area contributed by atoms with E-state index in [-0.39, 0.29) is 0 Å². The Morgan fingerprint density at radius 1 is 1.56 bits per heavy atom. The molecule has 0 bridgehead atoms. The van der Waals surface area contributed by atoms with Gasteiger partial charge in [-0.1, -0.05) is 11.6 Å². The lowest BCUT2D eigenvalue weighted by Gasteiger charge is -2.09. The number of rotatable bonds is 4. The Kier molecular flexibility index (Phi) is 4.71. The van der Waals surface area contributed by atoms with Crippen LogP contribution in [0, 0.1) is 0 Å². The number of methoxy groups -OCH3 is 1. The smallest absolute Gasteiger partial charge is 0.339 e. The van der Waals surface area contributed by atoms with E-state index in [1.807, 2.05) is 19.0 Å². The average Bonchev–Trinajstić information content (AvgIpc) is 2.27. The summed E-state index contributed by atoms with van der Waals surface area (Å²) in [6.45, 7) is 0.870. The van der Waals surface area contributed by atoms with Gasteiger partial charge < -0.3 is 9.64 Å². The minimum absolute atomic E-state index is 0.320. The maximum absolute atomic E-state index is 11.4. The van der Waals surface area contributed by atoms with Crippen molar-refractivity contribution in [2.75, 3.05) is 27.7 Å². The van der Waals surface area contributed by atoms with Gasteiger partial charge in [0.2, 0.25) is 0 Å². The van der Waals surface area contributed by atoms with E-state index in [1.54, 1.807) is 6.07 Å². The summed E-state index contributed by atoms with van der Waals surface area (Å²) in [6, 6.07) is 1.68. The van der Waals surface area contributed by atoms with Crippen LogP contribution >= 0.6 is 11.6 Å². The number of halogens is 1. The highest BCUT2D eigenvalue weighted by Gasteiger charge is 2.12. The number of hydrogen-bond acceptors (Lipinski definition) is 4. The quantitative estimate of drug-likeness (QED) is 0.753. The highest BCUT2D eigenvalue weighted by Crippen LogP contribution is 2.16. The molecule has 88 valence electrons. The number of aromatic nitrogens is 1. The second-order valence-electron chi connectivity index (χ2n) is 3.70. The van der Waals surface area contributed by atoms with Crippen molar-refractivity contribution in [1.29, 1.82) is 0 Å². The van der Waals surface area contributed by atoms with Crippen LogP contribution < -0.4 is 0 Å². The van der Waals surface area contributed by atoms with Crippen LogP contribution in [0.25, 0.3) is 0 Å². The molecule has 16 heavy (non-hydrogen) atoms. The molecule has 1 aromatic rings. The van der Waals surface area contributed by atoms with Crippen LogP contribution in [0.5, 0.6) is 0 Å². The summed E-state index contributed by atoms with van der Waals surface area (Å²) in [5, 5.41) is 0.320. The number of carbonyl (C=O) groups is 1. The summed E-state index contributed by atoms with van der Waals surface area (Å²) in [5.74, 6) is -0.432. The number of ether oxygens (including phenoxy) is 1. The maximum Gasteiger partial charge on any atom is 0.339 e. The standard InChI is InChI=1S/C11H15ClN2O2/c1-14(2)5-4-8-6-9(11(15)16-3)10(12)7-13-8/h6-7H,4-5H2,1-3H3. The van der Waals surface area contributed by atoms with E-state index in [1.165, 1.54) is 13.3 Å². The third-order valence-electron chi connectivity index (χ3n) is 2.13. The van der Waals surface area contributed by atoms with E-state index in [2.05, 4.69) is 9.72 Å². The van der Waals surface area contributed by atoms with Gasteiger partial charge in [-0.05, 0) is 20.2 Å². The summed E-state index contributed by atoms with van der Waals surface area (Å²) in [7, 11) is 5.30. The van der Waals surface area contributed by atoms with Crippen molar-refractivity contribution >= 4 is 17.6 Å². The van der Waals surface area contributed by atoms with Gasteiger partial charge >= 0.3 is 5.97 Å². The highest BCUT2D eigenvalue weighted by molar-refractivity contribution is 6.33. The second-order valence-corrected chi connectivity index (χ2v) is 4.11. The lowest BCUT2D eigenvalue weighted by Crippen LogP contribution is -2.16. The first-order chi connectivity index (χ1) is 7.54. The van der Waals surface area contributed by atoms with E-state index in [0.29, 0.717) is 10.6 Å². The van der Waals surface area contributed by atoms with E-state index < -0.39 is 5.97 Å². The number of esters is 1. The zero-order valence-electron chi connectivity index (χ0n) is 9.66. The van der Waals surface area contributed by atoms with Crippen molar-refractivity contribution in [3.63, 3.8) is 0 Å². The maximum atomic E-state index is 11.4. The summed E-state index contributed by atoms with van der Waals surface area (Å²) >= 11 is 5.86. The van der Waals surface area contributed by atoms with Crippen molar-refractivity contribution in [3.05, 3.63) is 28.5 Å². The topological polar surface area (TPSA) is 42.4 Å². The molecule has 5 heteroatoms. The summed E-state index contributed by atoms with van der Waals surface area (Å²) < 4.78 is 4.64. The number of nitrogens with zero attached hydrogens (tertiary/aromatic N) is 2. The Balaban J connectivity index is 2.85. The first-order valence-electron chi connectivity index (χ1n) is 4.92. The van der Waals surface area contributed by atoms with Gasteiger partial charge in [-0.2, -0.15) is 0 Å². The van der Waals surface area contributed by atoms with Gasteiger partial charge in [-0.15, -0.1) is 0 Å². The van der Waals surface area contributed by atoms with Crippen molar-refractivity contribution in [3.8, 4) is 0 Å². The zero-order valence-corrected chi connectivity index (χ0v) is 10.4. The molecule has 4 nitrogen and oxygen atoms in total. The normalized spacial score (nSPS) is 10.6. The van der Waals surface area contributed by atoms with Crippen molar-refractivity contribution in [2.24, 2.45) is 0 Å². The summed E-state index contributed by atoms with van der Waals surface area (Å²) in [4.78, 5) is 17.6. The minimum atomic E-state index is -0.432. The molecular weight excluding hydrogens is 228 g/mol. The van der Waals surface area contributed by atoms with Crippen molar-refractivity contribution in [1.82, 2.24) is 9.88 Å². The second kappa shape index (κ2) is 5.82. The van der Waals surface area contributed by atoms with E-state index in [9.17, 15) is 4.79 Å². The molecule has 0 aromatic carbocycles. The predicted octanol–water partition coefficient (Wildman–Crippen LogP) is 1.63. The Bertz CT molecular complexity index is 380. The third kappa shape index (κ3) is 3.47. The van der Waals surface area contributed by atoms with Crippen LogP contribution in [0.1, 0.15) is 16.1 Å². The third-order valence-corrected chi connectivity index (χ3v) is 2.43. The van der Waals surface area contributed by atoms with Crippen LogP contribution in [0.3, 0.4) is 0 Å². The van der Waals surface area contributed by atoms with Crippen LogP contribution in [0.2, 0.25) is 5.02 Å². The van der Waals surface area contributed by atoms with Gasteiger partial charge in [0.1, 0.15) is 0 Å². The number of carbonyl (C=O) groups excluding carboxylic acids is 1. The van der Waals surface area contributed by atoms with Gasteiger partial charge in [0, 0.05) is 24.9 Å². The summed E-state index contributed by atoms with van der Waals surface area (Å²) in [6.07, 6.45) is 2.26. The van der Waals surface area contributed by atoms with Gasteiger partial charge in [-0.3, -0.25) is 4.98 Å². The largest absolute Gasteiger partial charge is 0.465 e. The summed E-state index contributed by atoms with van der Waals surface area (Å²) in [5.41, 5.74) is 1.20. The zero-order chi connectivity index (χ0) is 12.1. The average molecular weight is 243 g/mol. The molecule has 0 atom stereocenters. The van der Waals surface area contributed by atoms with Crippen LogP contribution in [0.15, 0.2) is 12.3 Å². The fourth-order valence-corrected chi connectivity index (χ4v) is 1.40. The molecule has 1 aromatic heterocycles. The van der Waals surface area contributed by atoms with Gasteiger partial charge in [0.05, 0.1) is 17.7 Å². The van der Waals surface area contributed by atoms with E-state index in [4.69, 9.17) is 11.6 Å². The van der Waals surface area contributed by atoms with Crippen LogP contribution in [-0.4, -0.2) is 43.6 Å². The minimum Gasteiger partial charge on any atom is -0.465 e. The highest BCUT2D eigenvalue weighted by atomic mass is 35.5. The Morgan fingerprint density at radius 3 is 2.81 bits per heavy atom. The molecule has 0 fully saturated rings. The first-order valence-corrected chi connectivity index (χ1v) is 5.30. The molecule has 0 aliphatic rings. The fraction of sp³-hybridized carbons (Fsp3) is 0.455. The Morgan fingerprint density at radius 2 is 2.25 bits per heavy atom. The molecule has 0 N–H and O–H groups in total. The van der Waals surface area contributed by atoms with Gasteiger partial charge in [-0.25, -0.2) is 4.79 Å². The van der Waals surface area contributed by atoms with Crippen LogP contribution in [0.4, 0.5) is 0 Å². The number of pyridine rings is 1. The molecular formula is C11H15ClN2O2. The lowest BCUT2D eigenvalue weighted by atomic mass is 10.2. The molecule has 1 rings (SSSR count). The molecule has 0 spiro atoms. The number of likely N-dealkylation sites (N-methyl/N-ethyl adjacent to an activating group) is 1.